The van der Waals surface area contributed by atoms with Crippen LogP contribution in [0.25, 0.3) is 11.8 Å². The first-order chi connectivity index (χ1) is 12.3. The Kier molecular flexibility index (Phi) is 4.00. The lowest BCUT2D eigenvalue weighted by Crippen LogP contribution is -2.12. The highest BCUT2D eigenvalue weighted by atomic mass is 16.5. The van der Waals surface area contributed by atoms with Crippen LogP contribution in [-0.2, 0) is 4.74 Å². The Hall–Kier alpha value is -3.41. The van der Waals surface area contributed by atoms with E-state index in [1.54, 1.807) is 35.3 Å². The van der Waals surface area contributed by atoms with E-state index >= 15 is 0 Å². The maximum absolute atomic E-state index is 12.5. The van der Waals surface area contributed by atoms with Crippen LogP contribution in [0.4, 0.5) is 0 Å². The van der Waals surface area contributed by atoms with Crippen molar-refractivity contribution in [1.29, 1.82) is 0 Å². The molecule has 0 amide bonds. The van der Waals surface area contributed by atoms with Crippen molar-refractivity contribution >= 4 is 12.0 Å². The lowest BCUT2D eigenvalue weighted by molar-refractivity contribution is 0.0945. The second-order valence-electron chi connectivity index (χ2n) is 5.56. The molecule has 0 fully saturated rings. The summed E-state index contributed by atoms with van der Waals surface area (Å²) in [5.41, 5.74) is 2.17. The van der Waals surface area contributed by atoms with Gasteiger partial charge < -0.3 is 4.74 Å². The van der Waals surface area contributed by atoms with Gasteiger partial charge in [0.15, 0.2) is 0 Å². The van der Waals surface area contributed by atoms with Gasteiger partial charge in [0.1, 0.15) is 5.76 Å². The molecule has 6 nitrogen and oxygen atoms in total. The highest BCUT2D eigenvalue weighted by molar-refractivity contribution is 5.95. The summed E-state index contributed by atoms with van der Waals surface area (Å²) in [4.78, 5) is 12.5. The molecule has 1 aliphatic rings. The van der Waals surface area contributed by atoms with Crippen molar-refractivity contribution in [2.24, 2.45) is 0 Å². The van der Waals surface area contributed by atoms with Crippen LogP contribution in [0.15, 0.2) is 72.9 Å². The maximum atomic E-state index is 12.5. The Labute approximate surface area is 144 Å². The first-order valence-electron chi connectivity index (χ1n) is 8.01. The number of hydrogen-bond donors (Lipinski definition) is 0. The Balaban J connectivity index is 1.49. The number of hydrogen-bond acceptors (Lipinski definition) is 4. The molecule has 0 spiro atoms. The van der Waals surface area contributed by atoms with Crippen molar-refractivity contribution in [3.63, 3.8) is 0 Å². The van der Waals surface area contributed by atoms with Gasteiger partial charge >= 0.3 is 0 Å². The van der Waals surface area contributed by atoms with E-state index in [9.17, 15) is 4.79 Å². The second-order valence-corrected chi connectivity index (χ2v) is 5.56. The summed E-state index contributed by atoms with van der Waals surface area (Å²) in [6, 6.07) is 10.9. The van der Waals surface area contributed by atoms with Crippen LogP contribution >= 0.6 is 0 Å². The monoisotopic (exact) mass is 332 g/mol. The van der Waals surface area contributed by atoms with E-state index in [0.29, 0.717) is 11.3 Å². The topological polar surface area (TPSA) is 61.9 Å². The van der Waals surface area contributed by atoms with Crippen molar-refractivity contribution in [3.8, 4) is 5.69 Å². The van der Waals surface area contributed by atoms with Gasteiger partial charge in [0.05, 0.1) is 18.0 Å². The van der Waals surface area contributed by atoms with Crippen LogP contribution < -0.4 is 0 Å². The molecule has 0 saturated heterocycles. The molecule has 4 rings (SSSR count). The van der Waals surface area contributed by atoms with E-state index in [0.717, 1.165) is 24.5 Å². The molecule has 0 N–H and O–H groups in total. The van der Waals surface area contributed by atoms with Crippen molar-refractivity contribution < 1.29 is 9.53 Å². The number of benzene rings is 1. The molecule has 0 bridgehead atoms. The minimum absolute atomic E-state index is 0.178. The summed E-state index contributed by atoms with van der Waals surface area (Å²) < 4.78 is 8.49. The zero-order valence-electron chi connectivity index (χ0n) is 13.4. The van der Waals surface area contributed by atoms with E-state index < -0.39 is 0 Å². The summed E-state index contributed by atoms with van der Waals surface area (Å²) in [5, 5.41) is 8.47. The zero-order chi connectivity index (χ0) is 17.1. The average molecular weight is 332 g/mol. The van der Waals surface area contributed by atoms with Crippen LogP contribution in [-0.4, -0.2) is 32.1 Å². The van der Waals surface area contributed by atoms with Gasteiger partial charge in [-0.2, -0.15) is 10.2 Å². The number of carbonyl (C=O) groups is 1. The fraction of sp³-hybridized carbons (Fsp3) is 0.105. The number of carbonyl (C=O) groups excluding carboxylic acids is 1. The number of allylic oxidation sites excluding steroid dienone is 1. The van der Waals surface area contributed by atoms with Crippen LogP contribution in [0, 0.1) is 0 Å². The quantitative estimate of drug-likeness (QED) is 0.736. The number of nitrogens with zero attached hydrogens (tertiary/aromatic N) is 4. The molecule has 1 aliphatic heterocycles. The molecule has 1 aromatic carbocycles. The third-order valence-electron chi connectivity index (χ3n) is 3.85. The van der Waals surface area contributed by atoms with Gasteiger partial charge in [0.25, 0.3) is 5.91 Å². The fourth-order valence-corrected chi connectivity index (χ4v) is 2.57. The van der Waals surface area contributed by atoms with Gasteiger partial charge in [0, 0.05) is 30.6 Å². The molecule has 124 valence electrons. The largest absolute Gasteiger partial charge is 0.494 e. The molecule has 0 radical (unpaired) electrons. The highest BCUT2D eigenvalue weighted by Gasteiger charge is 2.10. The molecule has 3 aromatic rings. The molecule has 6 heteroatoms. The van der Waals surface area contributed by atoms with Crippen molar-refractivity contribution in [3.05, 3.63) is 84.2 Å². The molecule has 25 heavy (non-hydrogen) atoms. The van der Waals surface area contributed by atoms with E-state index in [-0.39, 0.29) is 5.91 Å². The molecule has 0 atom stereocenters. The molecule has 0 saturated carbocycles. The third kappa shape index (κ3) is 3.28. The van der Waals surface area contributed by atoms with Gasteiger partial charge in [-0.15, -0.1) is 0 Å². The van der Waals surface area contributed by atoms with Gasteiger partial charge in [-0.05, 0) is 54.6 Å². The predicted octanol–water partition coefficient (Wildman–Crippen LogP) is 3.07. The van der Waals surface area contributed by atoms with E-state index in [1.165, 1.54) is 4.68 Å². The van der Waals surface area contributed by atoms with Crippen LogP contribution in [0.5, 0.6) is 0 Å². The summed E-state index contributed by atoms with van der Waals surface area (Å²) in [6.07, 6.45) is 11.9. The predicted molar refractivity (Wildman–Crippen MR) is 93.2 cm³/mol. The smallest absolute Gasteiger partial charge is 0.278 e. The Bertz CT molecular complexity index is 934. The first-order valence-corrected chi connectivity index (χ1v) is 8.01. The summed E-state index contributed by atoms with van der Waals surface area (Å²) in [7, 11) is 0. The van der Waals surface area contributed by atoms with Gasteiger partial charge in [0.2, 0.25) is 0 Å². The van der Waals surface area contributed by atoms with Gasteiger partial charge in [-0.1, -0.05) is 0 Å². The number of ether oxygens (including phenoxy) is 1. The molecule has 2 aromatic heterocycles. The van der Waals surface area contributed by atoms with Crippen molar-refractivity contribution in [1.82, 2.24) is 19.6 Å². The third-order valence-corrected chi connectivity index (χ3v) is 3.85. The molecular weight excluding hydrogens is 316 g/mol. The average Bonchev–Trinajstić information content (AvgIpc) is 3.42. The summed E-state index contributed by atoms with van der Waals surface area (Å²) in [5.74, 6) is 0.665. The van der Waals surface area contributed by atoms with Crippen LogP contribution in [0.3, 0.4) is 0 Å². The van der Waals surface area contributed by atoms with E-state index in [1.807, 2.05) is 42.6 Å². The first kappa shape index (κ1) is 15.1. The lowest BCUT2D eigenvalue weighted by atomic mass is 10.2. The van der Waals surface area contributed by atoms with Crippen LogP contribution in [0.2, 0.25) is 0 Å². The van der Waals surface area contributed by atoms with Gasteiger partial charge in [-0.25, -0.2) is 9.36 Å². The summed E-state index contributed by atoms with van der Waals surface area (Å²) in [6.45, 7) is 0.723. The summed E-state index contributed by atoms with van der Waals surface area (Å²) >= 11 is 0. The molecule has 0 unspecified atom stereocenters. The van der Waals surface area contributed by atoms with E-state index in [4.69, 9.17) is 4.74 Å². The van der Waals surface area contributed by atoms with Gasteiger partial charge in [-0.3, -0.25) is 4.79 Å². The normalized spacial score (nSPS) is 13.8. The maximum Gasteiger partial charge on any atom is 0.278 e. The molecular formula is C19H16N4O2. The van der Waals surface area contributed by atoms with E-state index in [2.05, 4.69) is 10.2 Å². The number of rotatable bonds is 4. The Morgan fingerprint density at radius 2 is 2.00 bits per heavy atom. The van der Waals surface area contributed by atoms with Crippen molar-refractivity contribution in [2.45, 2.75) is 6.42 Å². The number of aromatic nitrogens is 4. The molecule has 0 aliphatic carbocycles. The van der Waals surface area contributed by atoms with Crippen LogP contribution in [0.1, 0.15) is 22.5 Å². The second kappa shape index (κ2) is 6.60. The Morgan fingerprint density at radius 3 is 2.72 bits per heavy atom. The highest BCUT2D eigenvalue weighted by Crippen LogP contribution is 2.13. The standard InChI is InChI=1S/C19H16N4O2/c24-19(15-4-7-17(8-5-15)22-12-2-11-20-22)23-13-10-16(21-23)6-9-18-3-1-14-25-18/h2-13H,1,14H2/b9-6+. The minimum atomic E-state index is -0.178. The SMILES string of the molecule is O=C(c1ccc(-n2cccn2)cc1)n1ccc(/C=C/C2=CCCO2)n1. The lowest BCUT2D eigenvalue weighted by Gasteiger charge is -2.04. The minimum Gasteiger partial charge on any atom is -0.494 e. The van der Waals surface area contributed by atoms with Crippen molar-refractivity contribution in [2.75, 3.05) is 6.61 Å². The fourth-order valence-electron chi connectivity index (χ4n) is 2.57. The Morgan fingerprint density at radius 1 is 1.12 bits per heavy atom. The zero-order valence-corrected chi connectivity index (χ0v) is 13.4. The molecule has 3 heterocycles.